The molecule has 0 spiro atoms. The van der Waals surface area contributed by atoms with Crippen LogP contribution in [0.4, 0.5) is 0 Å². The monoisotopic (exact) mass is 339 g/mol. The van der Waals surface area contributed by atoms with Gasteiger partial charge >= 0.3 is 0 Å². The Morgan fingerprint density at radius 2 is 1.85 bits per heavy atom. The lowest BCUT2D eigenvalue weighted by atomic mass is 10.1. The Morgan fingerprint density at radius 3 is 2.45 bits per heavy atom. The van der Waals surface area contributed by atoms with Gasteiger partial charge in [0.05, 0.1) is 6.54 Å². The molecule has 0 saturated carbocycles. The molecule has 0 aromatic heterocycles. The molecular formula is C15H22BrN3O. The van der Waals surface area contributed by atoms with E-state index in [4.69, 9.17) is 0 Å². The van der Waals surface area contributed by atoms with Gasteiger partial charge in [0, 0.05) is 36.7 Å². The third-order valence-electron chi connectivity index (χ3n) is 3.79. The van der Waals surface area contributed by atoms with Crippen molar-refractivity contribution in [1.29, 1.82) is 0 Å². The molecule has 4 nitrogen and oxygen atoms in total. The Labute approximate surface area is 129 Å². The summed E-state index contributed by atoms with van der Waals surface area (Å²) in [6.45, 7) is 6.09. The van der Waals surface area contributed by atoms with E-state index in [1.165, 1.54) is 5.56 Å². The molecule has 1 heterocycles. The van der Waals surface area contributed by atoms with Crippen LogP contribution in [0.5, 0.6) is 0 Å². The molecule has 20 heavy (non-hydrogen) atoms. The first-order valence-electron chi connectivity index (χ1n) is 7.01. The first-order chi connectivity index (χ1) is 9.56. The van der Waals surface area contributed by atoms with E-state index in [1.54, 1.807) is 0 Å². The fourth-order valence-corrected chi connectivity index (χ4v) is 2.54. The zero-order valence-electron chi connectivity index (χ0n) is 12.1. The minimum Gasteiger partial charge on any atom is -0.339 e. The van der Waals surface area contributed by atoms with Crippen LogP contribution in [0.25, 0.3) is 0 Å². The smallest absolute Gasteiger partial charge is 0.236 e. The Morgan fingerprint density at radius 1 is 1.25 bits per heavy atom. The molecule has 2 rings (SSSR count). The second kappa shape index (κ2) is 7.20. The zero-order chi connectivity index (χ0) is 14.5. The van der Waals surface area contributed by atoms with Gasteiger partial charge in [0.1, 0.15) is 0 Å². The standard InChI is InChI=1S/C15H22BrN3O/c1-12(13-3-5-14(16)6-4-13)17-11-15(20)19-9-7-18(2)8-10-19/h3-6,12,17H,7-11H2,1-2H3/t12-/m0/s1. The van der Waals surface area contributed by atoms with Gasteiger partial charge in [0.25, 0.3) is 0 Å². The van der Waals surface area contributed by atoms with Crippen LogP contribution in [0, 0.1) is 0 Å². The van der Waals surface area contributed by atoms with Crippen molar-refractivity contribution in [2.45, 2.75) is 13.0 Å². The molecule has 5 heteroatoms. The average molecular weight is 340 g/mol. The van der Waals surface area contributed by atoms with Gasteiger partial charge in [0.2, 0.25) is 5.91 Å². The van der Waals surface area contributed by atoms with Crippen molar-refractivity contribution in [2.24, 2.45) is 0 Å². The van der Waals surface area contributed by atoms with E-state index < -0.39 is 0 Å². The molecule has 1 amide bonds. The lowest BCUT2D eigenvalue weighted by molar-refractivity contribution is -0.131. The van der Waals surface area contributed by atoms with E-state index in [0.717, 1.165) is 30.7 Å². The van der Waals surface area contributed by atoms with Crippen LogP contribution in [-0.4, -0.2) is 55.5 Å². The molecule has 0 unspecified atom stereocenters. The highest BCUT2D eigenvalue weighted by Crippen LogP contribution is 2.16. The van der Waals surface area contributed by atoms with E-state index in [0.29, 0.717) is 6.54 Å². The van der Waals surface area contributed by atoms with Crippen LogP contribution in [0.1, 0.15) is 18.5 Å². The summed E-state index contributed by atoms with van der Waals surface area (Å²) in [6, 6.07) is 8.37. The Hall–Kier alpha value is -0.910. The van der Waals surface area contributed by atoms with Gasteiger partial charge in [-0.15, -0.1) is 0 Å². The molecule has 110 valence electrons. The number of amides is 1. The number of rotatable bonds is 4. The van der Waals surface area contributed by atoms with Crippen molar-refractivity contribution in [1.82, 2.24) is 15.1 Å². The zero-order valence-corrected chi connectivity index (χ0v) is 13.7. The van der Waals surface area contributed by atoms with E-state index >= 15 is 0 Å². The number of hydrogen-bond donors (Lipinski definition) is 1. The second-order valence-electron chi connectivity index (χ2n) is 5.34. The number of hydrogen-bond acceptors (Lipinski definition) is 3. The topological polar surface area (TPSA) is 35.6 Å². The maximum absolute atomic E-state index is 12.1. The molecule has 1 atom stereocenters. The summed E-state index contributed by atoms with van der Waals surface area (Å²) in [5, 5.41) is 3.31. The van der Waals surface area contributed by atoms with Gasteiger partial charge in [-0.05, 0) is 31.7 Å². The third-order valence-corrected chi connectivity index (χ3v) is 4.31. The van der Waals surface area contributed by atoms with Crippen molar-refractivity contribution < 1.29 is 4.79 Å². The van der Waals surface area contributed by atoms with Crippen LogP contribution in [0.15, 0.2) is 28.7 Å². The molecule has 1 aromatic rings. The van der Waals surface area contributed by atoms with Gasteiger partial charge in [-0.2, -0.15) is 0 Å². The van der Waals surface area contributed by atoms with E-state index in [9.17, 15) is 4.79 Å². The SMILES string of the molecule is C[C@H](NCC(=O)N1CCN(C)CC1)c1ccc(Br)cc1. The number of benzene rings is 1. The van der Waals surface area contributed by atoms with Crippen LogP contribution >= 0.6 is 15.9 Å². The lowest BCUT2D eigenvalue weighted by Gasteiger charge is -2.32. The lowest BCUT2D eigenvalue weighted by Crippen LogP contribution is -2.49. The number of nitrogens with zero attached hydrogens (tertiary/aromatic N) is 2. The summed E-state index contributed by atoms with van der Waals surface area (Å²) >= 11 is 3.43. The molecule has 1 aromatic carbocycles. The van der Waals surface area contributed by atoms with E-state index in [1.807, 2.05) is 17.0 Å². The number of likely N-dealkylation sites (N-methyl/N-ethyl adjacent to an activating group) is 1. The minimum atomic E-state index is 0.180. The molecule has 1 saturated heterocycles. The van der Waals surface area contributed by atoms with Gasteiger partial charge in [0.15, 0.2) is 0 Å². The molecular weight excluding hydrogens is 318 g/mol. The minimum absolute atomic E-state index is 0.180. The van der Waals surface area contributed by atoms with Crippen molar-refractivity contribution in [2.75, 3.05) is 39.8 Å². The first-order valence-corrected chi connectivity index (χ1v) is 7.81. The normalized spacial score (nSPS) is 18.1. The molecule has 1 N–H and O–H groups in total. The number of carbonyl (C=O) groups excluding carboxylic acids is 1. The highest BCUT2D eigenvalue weighted by atomic mass is 79.9. The first kappa shape index (κ1) is 15.5. The van der Waals surface area contributed by atoms with Crippen molar-refractivity contribution >= 4 is 21.8 Å². The predicted molar refractivity (Wildman–Crippen MR) is 84.6 cm³/mol. The average Bonchev–Trinajstić information content (AvgIpc) is 2.46. The number of nitrogens with one attached hydrogen (secondary N) is 1. The van der Waals surface area contributed by atoms with Gasteiger partial charge in [-0.25, -0.2) is 0 Å². The second-order valence-corrected chi connectivity index (χ2v) is 6.25. The Kier molecular flexibility index (Phi) is 5.57. The van der Waals surface area contributed by atoms with E-state index in [-0.39, 0.29) is 11.9 Å². The largest absolute Gasteiger partial charge is 0.339 e. The molecule has 1 aliphatic heterocycles. The fourth-order valence-electron chi connectivity index (χ4n) is 2.28. The van der Waals surface area contributed by atoms with Crippen LogP contribution in [-0.2, 0) is 4.79 Å². The quantitative estimate of drug-likeness (QED) is 0.909. The Bertz CT molecular complexity index is 441. The third kappa shape index (κ3) is 4.30. The molecule has 0 bridgehead atoms. The number of carbonyl (C=O) groups is 1. The maximum Gasteiger partial charge on any atom is 0.236 e. The number of halogens is 1. The van der Waals surface area contributed by atoms with Gasteiger partial charge < -0.3 is 15.1 Å². The molecule has 1 fully saturated rings. The fraction of sp³-hybridized carbons (Fsp3) is 0.533. The van der Waals surface area contributed by atoms with Crippen molar-refractivity contribution in [3.63, 3.8) is 0 Å². The summed E-state index contributed by atoms with van der Waals surface area (Å²) in [5.74, 6) is 0.196. The number of piperazine rings is 1. The predicted octanol–water partition coefficient (Wildman–Crippen LogP) is 1.87. The summed E-state index contributed by atoms with van der Waals surface area (Å²) in [7, 11) is 2.09. The summed E-state index contributed by atoms with van der Waals surface area (Å²) in [5.41, 5.74) is 1.19. The molecule has 0 radical (unpaired) electrons. The van der Waals surface area contributed by atoms with E-state index in [2.05, 4.69) is 52.3 Å². The molecule has 1 aliphatic rings. The van der Waals surface area contributed by atoms with Crippen molar-refractivity contribution in [3.05, 3.63) is 34.3 Å². The van der Waals surface area contributed by atoms with Gasteiger partial charge in [-0.1, -0.05) is 28.1 Å². The van der Waals surface area contributed by atoms with Crippen LogP contribution < -0.4 is 5.32 Å². The van der Waals surface area contributed by atoms with Crippen LogP contribution in [0.2, 0.25) is 0 Å². The van der Waals surface area contributed by atoms with Crippen molar-refractivity contribution in [3.8, 4) is 0 Å². The van der Waals surface area contributed by atoms with Gasteiger partial charge in [-0.3, -0.25) is 4.79 Å². The molecule has 0 aliphatic carbocycles. The highest BCUT2D eigenvalue weighted by Gasteiger charge is 2.19. The summed E-state index contributed by atoms with van der Waals surface area (Å²) in [6.07, 6.45) is 0. The maximum atomic E-state index is 12.1. The van der Waals surface area contributed by atoms with Crippen LogP contribution in [0.3, 0.4) is 0 Å². The summed E-state index contributed by atoms with van der Waals surface area (Å²) in [4.78, 5) is 16.3. The highest BCUT2D eigenvalue weighted by molar-refractivity contribution is 9.10. The summed E-state index contributed by atoms with van der Waals surface area (Å²) < 4.78 is 1.07. The Balaban J connectivity index is 1.79.